The van der Waals surface area contributed by atoms with Gasteiger partial charge in [0, 0.05) is 85.5 Å². The van der Waals surface area contributed by atoms with Crippen molar-refractivity contribution in [2.45, 2.75) is 13.3 Å². The van der Waals surface area contributed by atoms with Gasteiger partial charge in [0.1, 0.15) is 53.8 Å². The van der Waals surface area contributed by atoms with Crippen LogP contribution in [0.4, 0.5) is 10.1 Å². The van der Waals surface area contributed by atoms with Crippen LogP contribution in [0.1, 0.15) is 21.5 Å². The van der Waals surface area contributed by atoms with Gasteiger partial charge in [-0.3, -0.25) is 34.1 Å². The van der Waals surface area contributed by atoms with E-state index in [1.165, 1.54) is 45.6 Å². The number of carbonyl (C=O) groups is 1. The summed E-state index contributed by atoms with van der Waals surface area (Å²) >= 11 is 4.00. The van der Waals surface area contributed by atoms with E-state index in [-0.39, 0.29) is 28.4 Å². The number of nitrogens with zero attached hydrogens (tertiary/aromatic N) is 11. The molecule has 410 valence electrons. The number of pyridine rings is 3. The molecule has 19 nitrogen and oxygen atoms in total. The molecule has 2 aliphatic heterocycles. The molecule has 0 unspecified atom stereocenters. The van der Waals surface area contributed by atoms with Gasteiger partial charge in [-0.05, 0) is 102 Å². The third kappa shape index (κ3) is 10.3. The van der Waals surface area contributed by atoms with Gasteiger partial charge in [-0.25, -0.2) is 24.0 Å². The summed E-state index contributed by atoms with van der Waals surface area (Å²) in [7, 11) is 1.85. The highest BCUT2D eigenvalue weighted by atomic mass is 32.1. The Morgan fingerprint density at radius 2 is 1.16 bits per heavy atom. The zero-order valence-corrected chi connectivity index (χ0v) is 46.6. The second kappa shape index (κ2) is 22.2. The summed E-state index contributed by atoms with van der Waals surface area (Å²) in [6.45, 7) is 4.56. The third-order valence-corrected chi connectivity index (χ3v) is 17.1. The van der Waals surface area contributed by atoms with E-state index < -0.39 is 0 Å². The summed E-state index contributed by atoms with van der Waals surface area (Å²) < 4.78 is 23.3. The Morgan fingerprint density at radius 1 is 0.614 bits per heavy atom. The van der Waals surface area contributed by atoms with Crippen molar-refractivity contribution in [1.29, 1.82) is 0 Å². The van der Waals surface area contributed by atoms with Crippen LogP contribution >= 0.6 is 34.0 Å². The molecular weight excluding hydrogens is 1110 g/mol. The van der Waals surface area contributed by atoms with E-state index in [1.54, 1.807) is 51.8 Å². The second-order valence-corrected chi connectivity index (χ2v) is 22.1. The summed E-state index contributed by atoms with van der Waals surface area (Å²) in [5.41, 5.74) is 11.7. The Hall–Kier alpha value is -9.97. The molecule has 15 rings (SSSR count). The SMILES string of the molecule is Cc1ccc(N2CCN(C(=O)c3csc4c(=O)[nH]c(-c5ccccn5)nc34)CC2)c(F)c1.Cn1nnc2ccc(-c3csc4c(=O)[nH]c(-c5ccccn5)nc34)cc21.O=c1[nH]c(-c2ccccn2)nc2c(-c3ccc4c(c3)CCO4)csc12. The molecule has 2 aliphatic rings. The first kappa shape index (κ1) is 52.4. The molecule has 83 heavy (non-hydrogen) atoms. The quantitative estimate of drug-likeness (QED) is 0.135. The smallest absolute Gasteiger partial charge is 0.269 e. The van der Waals surface area contributed by atoms with E-state index >= 15 is 0 Å². The molecule has 3 N–H and O–H groups in total. The average Bonchev–Trinajstić information content (AvgIpc) is 3.74. The Balaban J connectivity index is 0.000000118. The molecule has 0 bridgehead atoms. The first-order valence-electron chi connectivity index (χ1n) is 26.2. The van der Waals surface area contributed by atoms with Gasteiger partial charge >= 0.3 is 0 Å². The minimum atomic E-state index is -0.292. The van der Waals surface area contributed by atoms with Crippen LogP contribution in [0, 0.1) is 12.7 Å². The number of rotatable bonds is 7. The Morgan fingerprint density at radius 3 is 1.72 bits per heavy atom. The molecule has 1 saturated heterocycles. The van der Waals surface area contributed by atoms with Crippen LogP contribution in [0.15, 0.2) is 158 Å². The van der Waals surface area contributed by atoms with Gasteiger partial charge in [0.15, 0.2) is 17.5 Å². The lowest BCUT2D eigenvalue weighted by atomic mass is 10.0. The molecule has 0 aliphatic carbocycles. The highest BCUT2D eigenvalue weighted by Gasteiger charge is 2.27. The van der Waals surface area contributed by atoms with E-state index in [9.17, 15) is 23.6 Å². The molecule has 1 amide bonds. The lowest BCUT2D eigenvalue weighted by Crippen LogP contribution is -2.49. The standard InChI is InChI=1S/C23H20FN5O2S.C19H13N3O2S.C18H12N6OS/c1-14-5-6-18(16(24)12-14)28-8-10-29(11-9-28)23(31)15-13-32-20-19(15)26-21(27-22(20)30)17-4-2-3-7-25-17;23-19-17-16(21-18(22-19)14-3-1-2-7-20-14)13(10-25-17)11-4-5-15-12(9-11)6-8-24-15;1-24-14-8-10(5-6-12(14)22-23-24)11-9-26-16-15(11)20-17(21-18(16)25)13-4-2-3-7-19-13/h2-7,12-13H,8-11H2,1H3,(H,26,27,30);1-5,7,9-10H,6,8H2,(H,21,22,23);2-9H,1H3,(H,20,21,25). The average molecular weight is 1160 g/mol. The van der Waals surface area contributed by atoms with E-state index in [0.717, 1.165) is 57.6 Å². The maximum atomic E-state index is 14.3. The van der Waals surface area contributed by atoms with Gasteiger partial charge in [0.05, 0.1) is 34.4 Å². The van der Waals surface area contributed by atoms with Crippen LogP contribution in [-0.4, -0.2) is 103 Å². The van der Waals surface area contributed by atoms with E-state index in [2.05, 4.69) is 56.3 Å². The number of aromatic amines is 3. The van der Waals surface area contributed by atoms with Crippen LogP contribution in [0.25, 0.3) is 98.5 Å². The molecular formula is C60H45FN14O5S3. The molecule has 1 fully saturated rings. The maximum Gasteiger partial charge on any atom is 0.269 e. The number of aromatic nitrogens is 12. The van der Waals surface area contributed by atoms with E-state index in [0.29, 0.717) is 103 Å². The molecule has 13 aromatic rings. The summed E-state index contributed by atoms with van der Waals surface area (Å²) in [6, 6.07) is 33.7. The van der Waals surface area contributed by atoms with Gasteiger partial charge in [-0.15, -0.1) is 39.1 Å². The first-order chi connectivity index (χ1) is 40.5. The van der Waals surface area contributed by atoms with Gasteiger partial charge in [0.25, 0.3) is 22.6 Å². The van der Waals surface area contributed by atoms with Crippen LogP contribution in [0.3, 0.4) is 0 Å². The number of piperazine rings is 1. The number of halogens is 1. The monoisotopic (exact) mass is 1160 g/mol. The number of amides is 1. The van der Waals surface area contributed by atoms with Crippen LogP contribution in [0.5, 0.6) is 5.75 Å². The number of nitrogens with one attached hydrogen (secondary N) is 3. The molecule has 0 radical (unpaired) electrons. The van der Waals surface area contributed by atoms with Gasteiger partial charge < -0.3 is 29.5 Å². The molecule has 0 atom stereocenters. The van der Waals surface area contributed by atoms with Crippen molar-refractivity contribution in [2.75, 3.05) is 37.7 Å². The van der Waals surface area contributed by atoms with Crippen molar-refractivity contribution in [1.82, 2.24) is 64.7 Å². The Kier molecular flexibility index (Phi) is 14.0. The minimum absolute atomic E-state index is 0.133. The number of aryl methyl sites for hydroxylation is 2. The van der Waals surface area contributed by atoms with Crippen molar-refractivity contribution in [3.8, 4) is 62.6 Å². The highest BCUT2D eigenvalue weighted by molar-refractivity contribution is 7.18. The fourth-order valence-corrected chi connectivity index (χ4v) is 12.6. The molecule has 3 aromatic carbocycles. The number of thiophene rings is 3. The van der Waals surface area contributed by atoms with Gasteiger partial charge in [-0.1, -0.05) is 41.6 Å². The second-order valence-electron chi connectivity index (χ2n) is 19.4. The van der Waals surface area contributed by atoms with Crippen molar-refractivity contribution in [3.05, 3.63) is 197 Å². The van der Waals surface area contributed by atoms with E-state index in [4.69, 9.17) is 9.72 Å². The summed E-state index contributed by atoms with van der Waals surface area (Å²) in [6.07, 6.45) is 5.90. The predicted molar refractivity (Wildman–Crippen MR) is 322 cm³/mol. The van der Waals surface area contributed by atoms with Gasteiger partial charge in [0.2, 0.25) is 0 Å². The van der Waals surface area contributed by atoms with Crippen molar-refractivity contribution in [3.63, 3.8) is 0 Å². The maximum absolute atomic E-state index is 14.3. The predicted octanol–water partition coefficient (Wildman–Crippen LogP) is 10.1. The number of anilines is 1. The van der Waals surface area contributed by atoms with Crippen molar-refractivity contribution in [2.24, 2.45) is 7.05 Å². The molecule has 12 heterocycles. The summed E-state index contributed by atoms with van der Waals surface area (Å²) in [5, 5.41) is 13.8. The largest absolute Gasteiger partial charge is 0.493 e. The molecule has 10 aromatic heterocycles. The fraction of sp³-hybridized carbons (Fsp3) is 0.133. The zero-order valence-electron chi connectivity index (χ0n) is 44.2. The number of H-pyrrole nitrogens is 3. The lowest BCUT2D eigenvalue weighted by Gasteiger charge is -2.36. The number of fused-ring (bicyclic) bond motifs is 5. The Bertz CT molecular complexity index is 4780. The fourth-order valence-electron chi connectivity index (χ4n) is 9.96. The topological polar surface area (TPSA) is 239 Å². The first-order valence-corrected chi connectivity index (χ1v) is 28.8. The number of carbonyl (C=O) groups excluding carboxylic acids is 1. The van der Waals surface area contributed by atoms with Crippen molar-refractivity contribution >= 4 is 87.3 Å². The highest BCUT2D eigenvalue weighted by Crippen LogP contribution is 2.37. The molecule has 0 saturated carbocycles. The Labute approximate surface area is 481 Å². The normalized spacial score (nSPS) is 13.0. The lowest BCUT2D eigenvalue weighted by molar-refractivity contribution is 0.0749. The summed E-state index contributed by atoms with van der Waals surface area (Å²) in [5.74, 6) is 1.80. The number of hydrogen-bond acceptors (Lipinski definition) is 17. The van der Waals surface area contributed by atoms with E-state index in [1.807, 2.05) is 108 Å². The molecule has 23 heteroatoms. The van der Waals surface area contributed by atoms with Crippen molar-refractivity contribution < 1.29 is 13.9 Å². The van der Waals surface area contributed by atoms with Crippen LogP contribution in [0.2, 0.25) is 0 Å². The molecule has 0 spiro atoms. The summed E-state index contributed by atoms with van der Waals surface area (Å²) in [4.78, 5) is 89.6. The third-order valence-electron chi connectivity index (χ3n) is 14.2. The number of ether oxygens (including phenoxy) is 1. The zero-order chi connectivity index (χ0) is 56.7. The minimum Gasteiger partial charge on any atom is -0.493 e. The van der Waals surface area contributed by atoms with Gasteiger partial charge in [-0.2, -0.15) is 0 Å². The number of benzene rings is 3. The number of hydrogen-bond donors (Lipinski definition) is 3. The van der Waals surface area contributed by atoms with Crippen LogP contribution in [-0.2, 0) is 13.5 Å². The van der Waals surface area contributed by atoms with Crippen LogP contribution < -0.4 is 26.3 Å².